The summed E-state index contributed by atoms with van der Waals surface area (Å²) in [6.07, 6.45) is -1.00. The maximum Gasteiger partial charge on any atom is 0.264 e. The van der Waals surface area contributed by atoms with Crippen molar-refractivity contribution in [2.24, 2.45) is 0 Å². The minimum Gasteiger partial charge on any atom is -0.476 e. The van der Waals surface area contributed by atoms with Crippen molar-refractivity contribution in [1.82, 2.24) is 5.32 Å². The molecule has 0 aliphatic carbocycles. The fourth-order valence-corrected chi connectivity index (χ4v) is 4.96. The SMILES string of the molecule is Cc1ccc(S(=O)(=O)N2CC(C(=O)NCc3ccccc3)Oc3ccc(Cl)cc32)cc1. The number of rotatable bonds is 5. The summed E-state index contributed by atoms with van der Waals surface area (Å²) in [7, 11) is -3.93. The quantitative estimate of drug-likeness (QED) is 0.631. The molecule has 1 aliphatic heterocycles. The zero-order valence-corrected chi connectivity index (χ0v) is 18.4. The molecular weight excluding hydrogens is 436 g/mol. The highest BCUT2D eigenvalue weighted by Gasteiger charge is 2.37. The molecule has 0 saturated heterocycles. The molecule has 1 aliphatic rings. The molecule has 0 spiro atoms. The minimum absolute atomic E-state index is 0.134. The lowest BCUT2D eigenvalue weighted by Gasteiger charge is -2.35. The molecule has 3 aromatic carbocycles. The van der Waals surface area contributed by atoms with Gasteiger partial charge in [-0.15, -0.1) is 0 Å². The fraction of sp³-hybridized carbons (Fsp3) is 0.174. The number of benzene rings is 3. The molecule has 4 rings (SSSR count). The number of nitrogens with one attached hydrogen (secondary N) is 1. The molecule has 3 aromatic rings. The fourth-order valence-electron chi connectivity index (χ4n) is 3.32. The first-order valence-electron chi connectivity index (χ1n) is 9.72. The van der Waals surface area contributed by atoms with Crippen LogP contribution in [0.5, 0.6) is 5.75 Å². The number of halogens is 1. The standard InChI is InChI=1S/C23H21ClN2O4S/c1-16-7-10-19(11-8-16)31(28,29)26-15-22(30-21-12-9-18(24)13-20(21)26)23(27)25-14-17-5-3-2-4-6-17/h2-13,22H,14-15H2,1H3,(H,25,27). The van der Waals surface area contributed by atoms with E-state index < -0.39 is 22.0 Å². The van der Waals surface area contributed by atoms with Gasteiger partial charge in [0.05, 0.1) is 17.1 Å². The molecule has 0 saturated carbocycles. The lowest BCUT2D eigenvalue weighted by Crippen LogP contribution is -2.50. The van der Waals surface area contributed by atoms with Crippen LogP contribution in [0.1, 0.15) is 11.1 Å². The lowest BCUT2D eigenvalue weighted by atomic mass is 10.2. The number of carbonyl (C=O) groups excluding carboxylic acids is 1. The molecule has 6 nitrogen and oxygen atoms in total. The van der Waals surface area contributed by atoms with Crippen LogP contribution in [0.2, 0.25) is 5.02 Å². The predicted octanol–water partition coefficient (Wildman–Crippen LogP) is 3.92. The lowest BCUT2D eigenvalue weighted by molar-refractivity contribution is -0.127. The second-order valence-corrected chi connectivity index (χ2v) is 9.57. The number of sulfonamides is 1. The summed E-state index contributed by atoms with van der Waals surface area (Å²) in [4.78, 5) is 13.0. The van der Waals surface area contributed by atoms with Gasteiger partial charge in [0, 0.05) is 11.6 Å². The first-order valence-corrected chi connectivity index (χ1v) is 11.5. The Balaban J connectivity index is 1.63. The molecule has 1 N–H and O–H groups in total. The van der Waals surface area contributed by atoms with E-state index in [1.54, 1.807) is 36.4 Å². The van der Waals surface area contributed by atoms with Crippen LogP contribution in [0.4, 0.5) is 5.69 Å². The molecule has 31 heavy (non-hydrogen) atoms. The highest BCUT2D eigenvalue weighted by atomic mass is 35.5. The number of hydrogen-bond donors (Lipinski definition) is 1. The van der Waals surface area contributed by atoms with E-state index in [0.717, 1.165) is 11.1 Å². The van der Waals surface area contributed by atoms with Crippen LogP contribution in [0.3, 0.4) is 0 Å². The van der Waals surface area contributed by atoms with E-state index in [9.17, 15) is 13.2 Å². The van der Waals surface area contributed by atoms with Gasteiger partial charge >= 0.3 is 0 Å². The van der Waals surface area contributed by atoms with Crippen LogP contribution >= 0.6 is 11.6 Å². The second-order valence-electron chi connectivity index (χ2n) is 7.27. The number of ether oxygens (including phenoxy) is 1. The van der Waals surface area contributed by atoms with Crippen molar-refractivity contribution >= 4 is 33.2 Å². The van der Waals surface area contributed by atoms with Gasteiger partial charge in [0.25, 0.3) is 15.9 Å². The third kappa shape index (κ3) is 4.52. The van der Waals surface area contributed by atoms with Crippen LogP contribution in [0.15, 0.2) is 77.7 Å². The van der Waals surface area contributed by atoms with E-state index in [0.29, 0.717) is 17.3 Å². The Morgan fingerprint density at radius 1 is 1.10 bits per heavy atom. The maximum absolute atomic E-state index is 13.4. The zero-order valence-electron chi connectivity index (χ0n) is 16.8. The third-order valence-corrected chi connectivity index (χ3v) is 7.03. The van der Waals surface area contributed by atoms with Crippen molar-refractivity contribution in [2.45, 2.75) is 24.5 Å². The van der Waals surface area contributed by atoms with Crippen molar-refractivity contribution in [3.05, 3.63) is 88.9 Å². The number of aryl methyl sites for hydroxylation is 1. The molecular formula is C23H21ClN2O4S. The predicted molar refractivity (Wildman–Crippen MR) is 120 cm³/mol. The van der Waals surface area contributed by atoms with Gasteiger partial charge in [-0.05, 0) is 42.8 Å². The summed E-state index contributed by atoms with van der Waals surface area (Å²) in [6.45, 7) is 2.04. The van der Waals surface area contributed by atoms with E-state index in [2.05, 4.69) is 5.32 Å². The average molecular weight is 457 g/mol. The summed E-state index contributed by atoms with van der Waals surface area (Å²) < 4.78 is 33.9. The molecule has 0 fully saturated rings. The van der Waals surface area contributed by atoms with Crippen LogP contribution in [0.25, 0.3) is 0 Å². The van der Waals surface area contributed by atoms with E-state index in [1.807, 2.05) is 37.3 Å². The van der Waals surface area contributed by atoms with Crippen LogP contribution < -0.4 is 14.4 Å². The minimum atomic E-state index is -3.93. The molecule has 0 bridgehead atoms. The number of nitrogens with zero attached hydrogens (tertiary/aromatic N) is 1. The summed E-state index contributed by atoms with van der Waals surface area (Å²) in [5.74, 6) is -0.111. The number of fused-ring (bicyclic) bond motifs is 1. The summed E-state index contributed by atoms with van der Waals surface area (Å²) >= 11 is 6.12. The molecule has 1 amide bonds. The monoisotopic (exact) mass is 456 g/mol. The number of amides is 1. The van der Waals surface area contributed by atoms with Gasteiger partial charge in [0.15, 0.2) is 6.10 Å². The third-order valence-electron chi connectivity index (χ3n) is 5.00. The molecule has 0 radical (unpaired) electrons. The van der Waals surface area contributed by atoms with Crippen LogP contribution in [0, 0.1) is 6.92 Å². The van der Waals surface area contributed by atoms with Gasteiger partial charge in [-0.1, -0.05) is 59.6 Å². The summed E-state index contributed by atoms with van der Waals surface area (Å²) in [5, 5.41) is 3.19. The molecule has 160 valence electrons. The van der Waals surface area contributed by atoms with Gasteiger partial charge in [0.2, 0.25) is 0 Å². The van der Waals surface area contributed by atoms with E-state index in [4.69, 9.17) is 16.3 Å². The van der Waals surface area contributed by atoms with Crippen LogP contribution in [-0.4, -0.2) is 27.0 Å². The van der Waals surface area contributed by atoms with Crippen molar-refractivity contribution in [3.63, 3.8) is 0 Å². The second kappa shape index (κ2) is 8.61. The Hall–Kier alpha value is -3.03. The molecule has 1 heterocycles. The Bertz CT molecular complexity index is 1200. The average Bonchev–Trinajstić information content (AvgIpc) is 2.77. The van der Waals surface area contributed by atoms with Crippen molar-refractivity contribution in [2.75, 3.05) is 10.8 Å². The molecule has 1 unspecified atom stereocenters. The smallest absolute Gasteiger partial charge is 0.264 e. The van der Waals surface area contributed by atoms with Crippen molar-refractivity contribution in [3.8, 4) is 5.75 Å². The van der Waals surface area contributed by atoms with Crippen LogP contribution in [-0.2, 0) is 21.4 Å². The van der Waals surface area contributed by atoms with Crippen molar-refractivity contribution < 1.29 is 17.9 Å². The van der Waals surface area contributed by atoms with Gasteiger partial charge in [-0.2, -0.15) is 0 Å². The Labute approximate surface area is 186 Å². The Morgan fingerprint density at radius 3 is 2.52 bits per heavy atom. The maximum atomic E-state index is 13.4. The first kappa shape index (κ1) is 21.2. The molecule has 1 atom stereocenters. The largest absolute Gasteiger partial charge is 0.476 e. The molecule has 8 heteroatoms. The van der Waals surface area contributed by atoms with Gasteiger partial charge in [-0.25, -0.2) is 8.42 Å². The Morgan fingerprint density at radius 2 is 1.81 bits per heavy atom. The van der Waals surface area contributed by atoms with E-state index >= 15 is 0 Å². The van der Waals surface area contributed by atoms with Gasteiger partial charge < -0.3 is 10.1 Å². The summed E-state index contributed by atoms with van der Waals surface area (Å²) in [6, 6.07) is 20.7. The number of hydrogen-bond acceptors (Lipinski definition) is 4. The topological polar surface area (TPSA) is 75.7 Å². The first-order chi connectivity index (χ1) is 14.8. The number of carbonyl (C=O) groups is 1. The van der Waals surface area contributed by atoms with E-state index in [-0.39, 0.29) is 17.2 Å². The van der Waals surface area contributed by atoms with E-state index in [1.165, 1.54) is 10.4 Å². The molecule has 0 aromatic heterocycles. The van der Waals surface area contributed by atoms with Gasteiger partial charge in [0.1, 0.15) is 5.75 Å². The highest BCUT2D eigenvalue weighted by molar-refractivity contribution is 7.92. The normalized spacial score (nSPS) is 15.7. The zero-order chi connectivity index (χ0) is 22.0. The van der Waals surface area contributed by atoms with Gasteiger partial charge in [-0.3, -0.25) is 9.10 Å². The summed E-state index contributed by atoms with van der Waals surface area (Å²) in [5.41, 5.74) is 2.19. The Kier molecular flexibility index (Phi) is 5.89. The van der Waals surface area contributed by atoms with Crippen molar-refractivity contribution in [1.29, 1.82) is 0 Å². The number of anilines is 1. The highest BCUT2D eigenvalue weighted by Crippen LogP contribution is 2.38.